The highest BCUT2D eigenvalue weighted by atomic mass is 79.9. The fourth-order valence-electron chi connectivity index (χ4n) is 0.801. The second-order valence-corrected chi connectivity index (χ2v) is 3.30. The SMILES string of the molecule is FCC(F)Oc1c(F)cc(Br)cc1F. The molecule has 0 radical (unpaired) electrons. The maximum absolute atomic E-state index is 12.9. The van der Waals surface area contributed by atoms with E-state index in [-0.39, 0.29) is 4.47 Å². The Hall–Kier alpha value is -0.780. The van der Waals surface area contributed by atoms with Crippen LogP contribution in [0.4, 0.5) is 17.6 Å². The number of halogens is 5. The Bertz CT molecular complexity index is 308. The van der Waals surface area contributed by atoms with Crippen LogP contribution in [0.2, 0.25) is 0 Å². The van der Waals surface area contributed by atoms with Crippen molar-refractivity contribution in [2.75, 3.05) is 6.67 Å². The van der Waals surface area contributed by atoms with Crippen molar-refractivity contribution in [3.05, 3.63) is 28.2 Å². The molecule has 0 saturated heterocycles. The maximum atomic E-state index is 12.9. The summed E-state index contributed by atoms with van der Waals surface area (Å²) in [5.74, 6) is -3.10. The lowest BCUT2D eigenvalue weighted by Crippen LogP contribution is -2.14. The van der Waals surface area contributed by atoms with E-state index in [1.165, 1.54) is 0 Å². The molecule has 0 saturated carbocycles. The topological polar surface area (TPSA) is 9.23 Å². The maximum Gasteiger partial charge on any atom is 0.266 e. The second kappa shape index (κ2) is 4.63. The Balaban J connectivity index is 2.96. The summed E-state index contributed by atoms with van der Waals surface area (Å²) in [6.45, 7) is -1.46. The number of hydrogen-bond acceptors (Lipinski definition) is 1. The van der Waals surface area contributed by atoms with Crippen molar-refractivity contribution in [3.63, 3.8) is 0 Å². The molecule has 1 unspecified atom stereocenters. The smallest absolute Gasteiger partial charge is 0.266 e. The molecule has 1 atom stereocenters. The molecular formula is C8H5BrF4O. The van der Waals surface area contributed by atoms with Crippen LogP contribution in [0.5, 0.6) is 5.75 Å². The van der Waals surface area contributed by atoms with Crippen molar-refractivity contribution in [2.24, 2.45) is 0 Å². The molecule has 0 amide bonds. The van der Waals surface area contributed by atoms with Gasteiger partial charge in [0.05, 0.1) is 0 Å². The number of rotatable bonds is 3. The number of benzene rings is 1. The molecule has 0 fully saturated rings. The van der Waals surface area contributed by atoms with Gasteiger partial charge in [0.15, 0.2) is 24.1 Å². The molecule has 0 bridgehead atoms. The van der Waals surface area contributed by atoms with Gasteiger partial charge in [-0.15, -0.1) is 0 Å². The van der Waals surface area contributed by atoms with Gasteiger partial charge in [-0.1, -0.05) is 15.9 Å². The fraction of sp³-hybridized carbons (Fsp3) is 0.250. The third-order valence-corrected chi connectivity index (χ3v) is 1.79. The summed E-state index contributed by atoms with van der Waals surface area (Å²) in [6.07, 6.45) is -2.36. The molecule has 0 aromatic heterocycles. The van der Waals surface area contributed by atoms with E-state index in [9.17, 15) is 17.6 Å². The molecule has 1 rings (SSSR count). The fourth-order valence-corrected chi connectivity index (χ4v) is 1.20. The van der Waals surface area contributed by atoms with Crippen molar-refractivity contribution >= 4 is 15.9 Å². The first kappa shape index (κ1) is 11.3. The average molecular weight is 273 g/mol. The van der Waals surface area contributed by atoms with Crippen LogP contribution in [0.15, 0.2) is 16.6 Å². The molecule has 0 heterocycles. The zero-order valence-corrected chi connectivity index (χ0v) is 8.32. The highest BCUT2D eigenvalue weighted by Gasteiger charge is 2.16. The first-order valence-corrected chi connectivity index (χ1v) is 4.35. The molecule has 6 heteroatoms. The largest absolute Gasteiger partial charge is 0.451 e. The molecule has 0 spiro atoms. The summed E-state index contributed by atoms with van der Waals surface area (Å²) < 4.78 is 54.1. The molecule has 1 aromatic carbocycles. The van der Waals surface area contributed by atoms with Gasteiger partial charge in [-0.3, -0.25) is 0 Å². The lowest BCUT2D eigenvalue weighted by molar-refractivity contribution is 0.0363. The quantitative estimate of drug-likeness (QED) is 0.767. The van der Waals surface area contributed by atoms with Gasteiger partial charge in [0.2, 0.25) is 0 Å². The minimum absolute atomic E-state index is 0.149. The zero-order valence-electron chi connectivity index (χ0n) is 6.74. The molecule has 0 aliphatic carbocycles. The van der Waals surface area contributed by atoms with E-state index >= 15 is 0 Å². The van der Waals surface area contributed by atoms with Crippen LogP contribution in [0.25, 0.3) is 0 Å². The Morgan fingerprint density at radius 1 is 1.29 bits per heavy atom. The Labute approximate surface area is 85.8 Å². The monoisotopic (exact) mass is 272 g/mol. The third-order valence-electron chi connectivity index (χ3n) is 1.33. The Morgan fingerprint density at radius 2 is 1.79 bits per heavy atom. The summed E-state index contributed by atoms with van der Waals surface area (Å²) in [5.41, 5.74) is 0. The predicted molar refractivity (Wildman–Crippen MR) is 45.6 cm³/mol. The van der Waals surface area contributed by atoms with Crippen LogP contribution in [-0.2, 0) is 0 Å². The van der Waals surface area contributed by atoms with Crippen molar-refractivity contribution in [2.45, 2.75) is 6.36 Å². The van der Waals surface area contributed by atoms with Gasteiger partial charge in [-0.05, 0) is 12.1 Å². The summed E-state index contributed by atoms with van der Waals surface area (Å²) >= 11 is 2.83. The number of hydrogen-bond donors (Lipinski definition) is 0. The van der Waals surface area contributed by atoms with Gasteiger partial charge in [0.1, 0.15) is 0 Å². The van der Waals surface area contributed by atoms with Gasteiger partial charge < -0.3 is 4.74 Å². The van der Waals surface area contributed by atoms with Gasteiger partial charge in [0.25, 0.3) is 6.36 Å². The first-order valence-electron chi connectivity index (χ1n) is 3.56. The third kappa shape index (κ3) is 2.60. The first-order chi connectivity index (χ1) is 6.54. The second-order valence-electron chi connectivity index (χ2n) is 2.38. The van der Waals surface area contributed by atoms with Gasteiger partial charge in [0, 0.05) is 4.47 Å². The average Bonchev–Trinajstić information content (AvgIpc) is 2.10. The van der Waals surface area contributed by atoms with Crippen molar-refractivity contribution in [1.29, 1.82) is 0 Å². The summed E-state index contributed by atoms with van der Waals surface area (Å²) in [5, 5.41) is 0. The molecular weight excluding hydrogens is 268 g/mol. The van der Waals surface area contributed by atoms with Crippen molar-refractivity contribution in [1.82, 2.24) is 0 Å². The van der Waals surface area contributed by atoms with E-state index < -0.39 is 30.4 Å². The van der Waals surface area contributed by atoms with Crippen LogP contribution in [-0.4, -0.2) is 13.0 Å². The molecule has 0 aliphatic heterocycles. The van der Waals surface area contributed by atoms with Crippen molar-refractivity contribution < 1.29 is 22.3 Å². The van der Waals surface area contributed by atoms with Crippen molar-refractivity contribution in [3.8, 4) is 5.75 Å². The van der Waals surface area contributed by atoms with Crippen LogP contribution >= 0.6 is 15.9 Å². The molecule has 1 aromatic rings. The minimum Gasteiger partial charge on any atom is -0.451 e. The van der Waals surface area contributed by atoms with Gasteiger partial charge in [-0.2, -0.15) is 4.39 Å². The zero-order chi connectivity index (χ0) is 10.7. The summed E-state index contributed by atoms with van der Waals surface area (Å²) in [7, 11) is 0. The van der Waals surface area contributed by atoms with E-state index in [1.807, 2.05) is 0 Å². The lowest BCUT2D eigenvalue weighted by Gasteiger charge is -2.09. The van der Waals surface area contributed by atoms with E-state index in [4.69, 9.17) is 0 Å². The van der Waals surface area contributed by atoms with E-state index in [1.54, 1.807) is 0 Å². The molecule has 1 nitrogen and oxygen atoms in total. The minimum atomic E-state index is -2.36. The standard InChI is InChI=1S/C8H5BrF4O/c9-4-1-5(11)8(6(12)2-4)14-7(13)3-10/h1-2,7H,3H2. The number of ether oxygens (including phenoxy) is 1. The summed E-state index contributed by atoms with van der Waals surface area (Å²) in [6, 6.07) is 1.78. The van der Waals surface area contributed by atoms with Crippen LogP contribution < -0.4 is 4.74 Å². The number of alkyl halides is 2. The Kier molecular flexibility index (Phi) is 3.74. The molecule has 78 valence electrons. The summed E-state index contributed by atoms with van der Waals surface area (Å²) in [4.78, 5) is 0. The molecule has 0 N–H and O–H groups in total. The Morgan fingerprint density at radius 3 is 2.21 bits per heavy atom. The normalized spacial score (nSPS) is 12.6. The van der Waals surface area contributed by atoms with Crippen LogP contribution in [0, 0.1) is 11.6 Å². The molecule has 0 aliphatic rings. The highest BCUT2D eigenvalue weighted by molar-refractivity contribution is 9.10. The van der Waals surface area contributed by atoms with Gasteiger partial charge in [-0.25, -0.2) is 13.2 Å². The van der Waals surface area contributed by atoms with Crippen LogP contribution in [0.3, 0.4) is 0 Å². The lowest BCUT2D eigenvalue weighted by atomic mass is 10.3. The van der Waals surface area contributed by atoms with E-state index in [0.717, 1.165) is 12.1 Å². The predicted octanol–water partition coefficient (Wildman–Crippen LogP) is 3.37. The molecule has 14 heavy (non-hydrogen) atoms. The van der Waals surface area contributed by atoms with E-state index in [2.05, 4.69) is 20.7 Å². The van der Waals surface area contributed by atoms with Crippen LogP contribution in [0.1, 0.15) is 0 Å². The van der Waals surface area contributed by atoms with E-state index in [0.29, 0.717) is 0 Å². The highest BCUT2D eigenvalue weighted by Crippen LogP contribution is 2.26. The van der Waals surface area contributed by atoms with Gasteiger partial charge >= 0.3 is 0 Å².